The molecule has 0 saturated carbocycles. The third-order valence-electron chi connectivity index (χ3n) is 3.01. The van der Waals surface area contributed by atoms with E-state index in [-0.39, 0.29) is 16.9 Å². The van der Waals surface area contributed by atoms with E-state index in [0.717, 1.165) is 5.69 Å². The fourth-order valence-corrected chi connectivity index (χ4v) is 2.02. The smallest absolute Gasteiger partial charge is 0.257 e. The molecule has 0 spiro atoms. The van der Waals surface area contributed by atoms with Gasteiger partial charge in [0, 0.05) is 23.4 Å². The van der Waals surface area contributed by atoms with Crippen LogP contribution in [0.2, 0.25) is 0 Å². The lowest BCUT2D eigenvalue weighted by molar-refractivity contribution is -0.115. The van der Waals surface area contributed by atoms with E-state index in [1.54, 1.807) is 55.5 Å². The average molecular weight is 327 g/mol. The Balaban J connectivity index is 1.90. The number of carbonyl (C=O) groups is 2. The van der Waals surface area contributed by atoms with Crippen LogP contribution >= 0.6 is 12.2 Å². The van der Waals surface area contributed by atoms with E-state index in [0.29, 0.717) is 17.7 Å². The Hall–Kier alpha value is -2.73. The lowest BCUT2D eigenvalue weighted by Crippen LogP contribution is -2.34. The minimum Gasteiger partial charge on any atom is -0.332 e. The molecule has 118 valence electrons. The van der Waals surface area contributed by atoms with E-state index in [2.05, 4.69) is 16.0 Å². The van der Waals surface area contributed by atoms with Gasteiger partial charge in [-0.3, -0.25) is 14.9 Å². The second-order valence-corrected chi connectivity index (χ2v) is 5.16. The first-order chi connectivity index (χ1) is 11.1. The van der Waals surface area contributed by atoms with Crippen LogP contribution in [0.1, 0.15) is 23.7 Å². The summed E-state index contributed by atoms with van der Waals surface area (Å²) in [6, 6.07) is 15.9. The van der Waals surface area contributed by atoms with Crippen LogP contribution < -0.4 is 16.0 Å². The lowest BCUT2D eigenvalue weighted by atomic mass is 10.2. The molecule has 0 aliphatic heterocycles. The largest absolute Gasteiger partial charge is 0.332 e. The first kappa shape index (κ1) is 16.6. The summed E-state index contributed by atoms with van der Waals surface area (Å²) >= 11 is 5.12. The van der Waals surface area contributed by atoms with Crippen molar-refractivity contribution in [3.8, 4) is 0 Å². The average Bonchev–Trinajstić information content (AvgIpc) is 2.57. The van der Waals surface area contributed by atoms with Crippen LogP contribution in [0.4, 0.5) is 11.4 Å². The molecule has 0 unspecified atom stereocenters. The minimum atomic E-state index is -0.269. The minimum absolute atomic E-state index is 0.0450. The van der Waals surface area contributed by atoms with E-state index in [1.807, 2.05) is 6.07 Å². The van der Waals surface area contributed by atoms with Crippen LogP contribution in [0.3, 0.4) is 0 Å². The Morgan fingerprint density at radius 2 is 1.48 bits per heavy atom. The maximum absolute atomic E-state index is 12.0. The highest BCUT2D eigenvalue weighted by molar-refractivity contribution is 7.80. The number of benzene rings is 2. The summed E-state index contributed by atoms with van der Waals surface area (Å²) < 4.78 is 0. The number of hydrogen-bond donors (Lipinski definition) is 3. The van der Waals surface area contributed by atoms with Crippen molar-refractivity contribution in [2.45, 2.75) is 13.3 Å². The van der Waals surface area contributed by atoms with E-state index >= 15 is 0 Å². The van der Waals surface area contributed by atoms with Crippen molar-refractivity contribution in [2.24, 2.45) is 0 Å². The predicted molar refractivity (Wildman–Crippen MR) is 95.5 cm³/mol. The van der Waals surface area contributed by atoms with Crippen molar-refractivity contribution in [1.29, 1.82) is 0 Å². The molecule has 0 bridgehead atoms. The van der Waals surface area contributed by atoms with Crippen LogP contribution in [-0.4, -0.2) is 16.9 Å². The fraction of sp³-hybridized carbons (Fsp3) is 0.118. The molecular weight excluding hydrogens is 310 g/mol. The summed E-state index contributed by atoms with van der Waals surface area (Å²) in [5.41, 5.74) is 1.97. The third-order valence-corrected chi connectivity index (χ3v) is 3.21. The molecule has 0 aromatic heterocycles. The Labute approximate surface area is 140 Å². The van der Waals surface area contributed by atoms with E-state index in [1.165, 1.54) is 0 Å². The lowest BCUT2D eigenvalue weighted by Gasteiger charge is -2.10. The van der Waals surface area contributed by atoms with Crippen molar-refractivity contribution in [2.75, 3.05) is 10.6 Å². The number of anilines is 2. The molecule has 2 aromatic rings. The van der Waals surface area contributed by atoms with Crippen molar-refractivity contribution in [3.05, 3.63) is 60.2 Å². The Kier molecular flexibility index (Phi) is 5.82. The van der Waals surface area contributed by atoms with Gasteiger partial charge in [0.05, 0.1) is 0 Å². The van der Waals surface area contributed by atoms with Gasteiger partial charge in [-0.15, -0.1) is 0 Å². The SMILES string of the molecule is CCC(=O)Nc1ccc(NC(=S)NC(=O)c2ccccc2)cc1. The summed E-state index contributed by atoms with van der Waals surface area (Å²) in [7, 11) is 0. The molecular formula is C17H17N3O2S. The Morgan fingerprint density at radius 3 is 2.04 bits per heavy atom. The number of amides is 2. The summed E-state index contributed by atoms with van der Waals surface area (Å²) in [6.07, 6.45) is 0.426. The quantitative estimate of drug-likeness (QED) is 0.755. The highest BCUT2D eigenvalue weighted by Gasteiger charge is 2.07. The van der Waals surface area contributed by atoms with Gasteiger partial charge in [-0.2, -0.15) is 0 Å². The first-order valence-electron chi connectivity index (χ1n) is 7.16. The van der Waals surface area contributed by atoms with Gasteiger partial charge in [-0.05, 0) is 48.6 Å². The molecule has 3 N–H and O–H groups in total. The van der Waals surface area contributed by atoms with E-state index < -0.39 is 0 Å². The zero-order chi connectivity index (χ0) is 16.7. The second kappa shape index (κ2) is 8.05. The van der Waals surface area contributed by atoms with Gasteiger partial charge >= 0.3 is 0 Å². The summed E-state index contributed by atoms with van der Waals surface area (Å²) in [5.74, 6) is -0.314. The maximum atomic E-state index is 12.0. The molecule has 2 amide bonds. The van der Waals surface area contributed by atoms with Crippen LogP contribution in [0, 0.1) is 0 Å². The molecule has 5 nitrogen and oxygen atoms in total. The molecule has 0 aliphatic rings. The summed E-state index contributed by atoms with van der Waals surface area (Å²) in [5, 5.41) is 8.50. The molecule has 0 fully saturated rings. The van der Waals surface area contributed by atoms with Gasteiger partial charge in [0.25, 0.3) is 5.91 Å². The summed E-state index contributed by atoms with van der Waals surface area (Å²) in [6.45, 7) is 1.79. The predicted octanol–water partition coefficient (Wildman–Crippen LogP) is 3.16. The topological polar surface area (TPSA) is 70.2 Å². The number of rotatable bonds is 4. The molecule has 2 aromatic carbocycles. The van der Waals surface area contributed by atoms with E-state index in [9.17, 15) is 9.59 Å². The van der Waals surface area contributed by atoms with Crippen LogP contribution in [0.5, 0.6) is 0 Å². The monoisotopic (exact) mass is 327 g/mol. The molecule has 23 heavy (non-hydrogen) atoms. The Bertz CT molecular complexity index is 700. The van der Waals surface area contributed by atoms with Gasteiger partial charge < -0.3 is 10.6 Å². The van der Waals surface area contributed by atoms with Crippen LogP contribution in [-0.2, 0) is 4.79 Å². The van der Waals surface area contributed by atoms with Crippen LogP contribution in [0.15, 0.2) is 54.6 Å². The standard InChI is InChI=1S/C17H17N3O2S/c1-2-15(21)18-13-8-10-14(11-9-13)19-17(23)20-16(22)12-6-4-3-5-7-12/h3-11H,2H2,1H3,(H,18,21)(H2,19,20,22,23). The van der Waals surface area contributed by atoms with Crippen molar-refractivity contribution in [3.63, 3.8) is 0 Å². The van der Waals surface area contributed by atoms with Crippen LogP contribution in [0.25, 0.3) is 0 Å². The van der Waals surface area contributed by atoms with Gasteiger partial charge in [-0.25, -0.2) is 0 Å². The molecule has 2 rings (SSSR count). The molecule has 0 saturated heterocycles. The number of carbonyl (C=O) groups excluding carboxylic acids is 2. The van der Waals surface area contributed by atoms with Crippen molar-refractivity contribution >= 4 is 40.5 Å². The fourth-order valence-electron chi connectivity index (χ4n) is 1.81. The molecule has 0 aliphatic carbocycles. The van der Waals surface area contributed by atoms with Gasteiger partial charge in [0.2, 0.25) is 5.91 Å². The van der Waals surface area contributed by atoms with E-state index in [4.69, 9.17) is 12.2 Å². The first-order valence-corrected chi connectivity index (χ1v) is 7.56. The maximum Gasteiger partial charge on any atom is 0.257 e. The molecule has 6 heteroatoms. The van der Waals surface area contributed by atoms with Crippen molar-refractivity contribution < 1.29 is 9.59 Å². The third kappa shape index (κ3) is 5.19. The van der Waals surface area contributed by atoms with Gasteiger partial charge in [0.15, 0.2) is 5.11 Å². The molecule has 0 heterocycles. The highest BCUT2D eigenvalue weighted by Crippen LogP contribution is 2.13. The van der Waals surface area contributed by atoms with Crippen molar-refractivity contribution in [1.82, 2.24) is 5.32 Å². The molecule has 0 atom stereocenters. The zero-order valence-electron chi connectivity index (χ0n) is 12.6. The molecule has 0 radical (unpaired) electrons. The highest BCUT2D eigenvalue weighted by atomic mass is 32.1. The zero-order valence-corrected chi connectivity index (χ0v) is 13.4. The number of nitrogens with one attached hydrogen (secondary N) is 3. The van der Waals surface area contributed by atoms with Gasteiger partial charge in [0.1, 0.15) is 0 Å². The number of hydrogen-bond acceptors (Lipinski definition) is 3. The normalized spacial score (nSPS) is 9.78. The number of thiocarbonyl (C=S) groups is 1. The summed E-state index contributed by atoms with van der Waals surface area (Å²) in [4.78, 5) is 23.3. The van der Waals surface area contributed by atoms with Gasteiger partial charge in [-0.1, -0.05) is 25.1 Å². The second-order valence-electron chi connectivity index (χ2n) is 4.75. The Morgan fingerprint density at radius 1 is 0.913 bits per heavy atom.